The molecule has 5 heteroatoms. The van der Waals surface area contributed by atoms with Crippen molar-refractivity contribution < 1.29 is 9.59 Å². The van der Waals surface area contributed by atoms with Crippen LogP contribution in [0.25, 0.3) is 0 Å². The molecule has 0 bridgehead atoms. The Morgan fingerprint density at radius 1 is 1.09 bits per heavy atom. The van der Waals surface area contributed by atoms with E-state index in [1.165, 1.54) is 39.0 Å². The fourth-order valence-corrected chi connectivity index (χ4v) is 3.75. The zero-order chi connectivity index (χ0) is 15.9. The maximum atomic E-state index is 12.3. The van der Waals surface area contributed by atoms with Crippen LogP contribution in [-0.4, -0.2) is 42.5 Å². The first-order valence-corrected chi connectivity index (χ1v) is 8.88. The lowest BCUT2D eigenvalue weighted by atomic mass is 9.81. The summed E-state index contributed by atoms with van der Waals surface area (Å²) in [5.74, 6) is 1.52. The normalized spacial score (nSPS) is 29.0. The minimum Gasteiger partial charge on any atom is -0.352 e. The summed E-state index contributed by atoms with van der Waals surface area (Å²) in [6.45, 7) is 6.04. The largest absolute Gasteiger partial charge is 0.352 e. The lowest BCUT2D eigenvalue weighted by molar-refractivity contribution is -0.119. The Labute approximate surface area is 134 Å². The van der Waals surface area contributed by atoms with Gasteiger partial charge in [0.15, 0.2) is 0 Å². The first kappa shape index (κ1) is 17.1. The van der Waals surface area contributed by atoms with E-state index in [9.17, 15) is 9.59 Å². The van der Waals surface area contributed by atoms with Crippen LogP contribution in [0, 0.1) is 11.8 Å². The van der Waals surface area contributed by atoms with E-state index >= 15 is 0 Å². The lowest BCUT2D eigenvalue weighted by Gasteiger charge is -2.34. The molecular weight excluding hydrogens is 278 g/mol. The monoisotopic (exact) mass is 309 g/mol. The summed E-state index contributed by atoms with van der Waals surface area (Å²) in [6, 6.07) is 0.143. The van der Waals surface area contributed by atoms with Crippen molar-refractivity contribution in [2.75, 3.05) is 19.6 Å². The molecule has 2 fully saturated rings. The van der Waals surface area contributed by atoms with Crippen LogP contribution in [0.5, 0.6) is 0 Å². The van der Waals surface area contributed by atoms with Crippen molar-refractivity contribution in [2.45, 2.75) is 64.8 Å². The summed E-state index contributed by atoms with van der Waals surface area (Å²) in [4.78, 5) is 25.3. The molecule has 0 aromatic heterocycles. The number of amides is 3. The molecule has 0 radical (unpaired) electrons. The van der Waals surface area contributed by atoms with Crippen molar-refractivity contribution in [3.63, 3.8) is 0 Å². The van der Waals surface area contributed by atoms with Crippen LogP contribution < -0.4 is 10.6 Å². The molecule has 2 rings (SSSR count). The molecule has 1 heterocycles. The van der Waals surface area contributed by atoms with Gasteiger partial charge in [0, 0.05) is 32.6 Å². The second-order valence-corrected chi connectivity index (χ2v) is 6.97. The Bertz CT molecular complexity index is 378. The molecule has 1 aliphatic heterocycles. The Kier molecular flexibility index (Phi) is 6.52. The second-order valence-electron chi connectivity index (χ2n) is 6.97. The molecule has 1 atom stereocenters. The fourth-order valence-electron chi connectivity index (χ4n) is 3.75. The third-order valence-electron chi connectivity index (χ3n) is 5.20. The molecule has 0 spiro atoms. The number of nitrogens with zero attached hydrogens (tertiary/aromatic N) is 1. The van der Waals surface area contributed by atoms with E-state index in [0.717, 1.165) is 31.8 Å². The zero-order valence-electron chi connectivity index (χ0n) is 14.1. The predicted octanol–water partition coefficient (Wildman–Crippen LogP) is 2.51. The average Bonchev–Trinajstić information content (AvgIpc) is 2.52. The van der Waals surface area contributed by atoms with Gasteiger partial charge in [0.1, 0.15) is 0 Å². The number of rotatable bonds is 4. The van der Waals surface area contributed by atoms with Gasteiger partial charge < -0.3 is 15.5 Å². The minimum absolute atomic E-state index is 0.0139. The maximum Gasteiger partial charge on any atom is 0.317 e. The molecule has 126 valence electrons. The van der Waals surface area contributed by atoms with Crippen molar-refractivity contribution in [3.8, 4) is 0 Å². The fraction of sp³-hybridized carbons (Fsp3) is 0.882. The van der Waals surface area contributed by atoms with E-state index in [-0.39, 0.29) is 18.0 Å². The Morgan fingerprint density at radius 3 is 2.41 bits per heavy atom. The molecule has 3 amide bonds. The highest BCUT2D eigenvalue weighted by Gasteiger charge is 2.25. The Morgan fingerprint density at radius 2 is 1.77 bits per heavy atom. The molecular formula is C17H31N3O2. The SMILES string of the molecule is CCC1CCC(CNC(=O)N2CCCC(NC(C)=O)C2)CC1. The molecule has 5 nitrogen and oxygen atoms in total. The van der Waals surface area contributed by atoms with Gasteiger partial charge in [-0.1, -0.05) is 26.2 Å². The number of carbonyl (C=O) groups is 2. The quantitative estimate of drug-likeness (QED) is 0.838. The number of carbonyl (C=O) groups excluding carboxylic acids is 2. The van der Waals surface area contributed by atoms with Gasteiger partial charge in [-0.2, -0.15) is 0 Å². The first-order chi connectivity index (χ1) is 10.6. The van der Waals surface area contributed by atoms with E-state index in [2.05, 4.69) is 17.6 Å². The predicted molar refractivity (Wildman–Crippen MR) is 87.5 cm³/mol. The molecule has 1 unspecified atom stereocenters. The summed E-state index contributed by atoms with van der Waals surface area (Å²) in [5.41, 5.74) is 0. The minimum atomic E-state index is -0.0139. The average molecular weight is 309 g/mol. The number of hydrogen-bond acceptors (Lipinski definition) is 2. The molecule has 22 heavy (non-hydrogen) atoms. The van der Waals surface area contributed by atoms with Crippen molar-refractivity contribution in [1.29, 1.82) is 0 Å². The van der Waals surface area contributed by atoms with Gasteiger partial charge in [-0.3, -0.25) is 4.79 Å². The Hall–Kier alpha value is -1.26. The van der Waals surface area contributed by atoms with Gasteiger partial charge in [-0.25, -0.2) is 4.79 Å². The highest BCUT2D eigenvalue weighted by Crippen LogP contribution is 2.30. The van der Waals surface area contributed by atoms with Crippen molar-refractivity contribution in [1.82, 2.24) is 15.5 Å². The van der Waals surface area contributed by atoms with Crippen molar-refractivity contribution in [3.05, 3.63) is 0 Å². The van der Waals surface area contributed by atoms with Gasteiger partial charge in [0.2, 0.25) is 5.91 Å². The van der Waals surface area contributed by atoms with Crippen molar-refractivity contribution >= 4 is 11.9 Å². The molecule has 1 saturated heterocycles. The number of hydrogen-bond donors (Lipinski definition) is 2. The smallest absolute Gasteiger partial charge is 0.317 e. The first-order valence-electron chi connectivity index (χ1n) is 8.88. The van der Waals surface area contributed by atoms with E-state index in [0.29, 0.717) is 12.5 Å². The van der Waals surface area contributed by atoms with Crippen LogP contribution in [0.3, 0.4) is 0 Å². The van der Waals surface area contributed by atoms with Crippen molar-refractivity contribution in [2.24, 2.45) is 11.8 Å². The summed E-state index contributed by atoms with van der Waals surface area (Å²) in [5, 5.41) is 6.03. The van der Waals surface area contributed by atoms with Gasteiger partial charge in [-0.05, 0) is 37.5 Å². The third-order valence-corrected chi connectivity index (χ3v) is 5.20. The third kappa shape index (κ3) is 5.18. The molecule has 2 N–H and O–H groups in total. The lowest BCUT2D eigenvalue weighted by Crippen LogP contribution is -2.52. The zero-order valence-corrected chi connectivity index (χ0v) is 14.1. The van der Waals surface area contributed by atoms with Crippen LogP contribution in [-0.2, 0) is 4.79 Å². The summed E-state index contributed by atoms with van der Waals surface area (Å²) < 4.78 is 0. The van der Waals surface area contributed by atoms with E-state index in [1.807, 2.05) is 4.90 Å². The highest BCUT2D eigenvalue weighted by atomic mass is 16.2. The van der Waals surface area contributed by atoms with Gasteiger partial charge in [-0.15, -0.1) is 0 Å². The summed E-state index contributed by atoms with van der Waals surface area (Å²) >= 11 is 0. The van der Waals surface area contributed by atoms with Crippen LogP contribution in [0.1, 0.15) is 58.8 Å². The molecule has 0 aromatic carbocycles. The molecule has 0 aromatic rings. The maximum absolute atomic E-state index is 12.3. The molecule has 1 aliphatic carbocycles. The van der Waals surface area contributed by atoms with Gasteiger partial charge >= 0.3 is 6.03 Å². The Balaban J connectivity index is 1.69. The van der Waals surface area contributed by atoms with Gasteiger partial charge in [0.05, 0.1) is 0 Å². The summed E-state index contributed by atoms with van der Waals surface area (Å²) in [7, 11) is 0. The van der Waals surface area contributed by atoms with Crippen LogP contribution in [0.15, 0.2) is 0 Å². The standard InChI is InChI=1S/C17H31N3O2/c1-3-14-6-8-15(9-7-14)11-18-17(22)20-10-4-5-16(12-20)19-13(2)21/h14-16H,3-12H2,1-2H3,(H,18,22)(H,19,21). The number of likely N-dealkylation sites (tertiary alicyclic amines) is 1. The number of nitrogens with one attached hydrogen (secondary N) is 2. The van der Waals surface area contributed by atoms with Gasteiger partial charge in [0.25, 0.3) is 0 Å². The molecule has 1 saturated carbocycles. The topological polar surface area (TPSA) is 61.4 Å². The number of piperidine rings is 1. The van der Waals surface area contributed by atoms with E-state index in [1.54, 1.807) is 0 Å². The van der Waals surface area contributed by atoms with Crippen LogP contribution in [0.2, 0.25) is 0 Å². The number of urea groups is 1. The summed E-state index contributed by atoms with van der Waals surface area (Å²) in [6.07, 6.45) is 8.32. The van der Waals surface area contributed by atoms with E-state index < -0.39 is 0 Å². The highest BCUT2D eigenvalue weighted by molar-refractivity contribution is 5.75. The van der Waals surface area contributed by atoms with Crippen LogP contribution in [0.4, 0.5) is 4.79 Å². The van der Waals surface area contributed by atoms with Crippen LogP contribution >= 0.6 is 0 Å². The molecule has 2 aliphatic rings. The second kappa shape index (κ2) is 8.39. The van der Waals surface area contributed by atoms with E-state index in [4.69, 9.17) is 0 Å².